The van der Waals surface area contributed by atoms with Crippen LogP contribution in [0.3, 0.4) is 0 Å². The van der Waals surface area contributed by atoms with Crippen molar-refractivity contribution in [1.29, 1.82) is 0 Å². The number of aliphatic hydroxyl groups excluding tert-OH is 1. The van der Waals surface area contributed by atoms with E-state index in [-0.39, 0.29) is 6.10 Å². The van der Waals surface area contributed by atoms with E-state index in [2.05, 4.69) is 4.90 Å². The van der Waals surface area contributed by atoms with E-state index >= 15 is 0 Å². The maximum atomic E-state index is 12.2. The second-order valence-corrected chi connectivity index (χ2v) is 6.68. The van der Waals surface area contributed by atoms with Gasteiger partial charge in [-0.05, 0) is 12.5 Å². The fourth-order valence-corrected chi connectivity index (χ4v) is 3.66. The van der Waals surface area contributed by atoms with Crippen molar-refractivity contribution < 1.29 is 15.0 Å². The molecule has 26 heavy (non-hydrogen) atoms. The van der Waals surface area contributed by atoms with Gasteiger partial charge in [0.15, 0.2) is 0 Å². The first-order valence-electron chi connectivity index (χ1n) is 8.74. The second kappa shape index (κ2) is 6.86. The summed E-state index contributed by atoms with van der Waals surface area (Å²) in [5.41, 5.74) is 3.28. The summed E-state index contributed by atoms with van der Waals surface area (Å²) in [5, 5.41) is 20.5. The average molecular weight is 348 g/mol. The van der Waals surface area contributed by atoms with E-state index in [9.17, 15) is 15.0 Å². The lowest BCUT2D eigenvalue weighted by Crippen LogP contribution is -2.24. The van der Waals surface area contributed by atoms with Gasteiger partial charge in [0, 0.05) is 36.1 Å². The zero-order valence-corrected chi connectivity index (χ0v) is 14.3. The predicted octanol–water partition coefficient (Wildman–Crippen LogP) is 3.17. The number of β-amino-alcohol motifs (C(OH)–C–C–N with tert-alkyl or cyclic N) is 1. The van der Waals surface area contributed by atoms with Crippen LogP contribution in [0.15, 0.2) is 54.6 Å². The molecule has 1 saturated heterocycles. The molecular formula is C21H20N2O3. The van der Waals surface area contributed by atoms with Gasteiger partial charge in [0.2, 0.25) is 0 Å². The number of benzene rings is 2. The third-order valence-electron chi connectivity index (χ3n) is 4.88. The quantitative estimate of drug-likeness (QED) is 0.758. The van der Waals surface area contributed by atoms with E-state index < -0.39 is 5.97 Å². The van der Waals surface area contributed by atoms with Crippen LogP contribution in [0.1, 0.15) is 22.3 Å². The zero-order chi connectivity index (χ0) is 18.1. The number of aliphatic hydroxyl groups is 1. The fourth-order valence-electron chi connectivity index (χ4n) is 3.66. The van der Waals surface area contributed by atoms with Gasteiger partial charge in [0.1, 0.15) is 0 Å². The van der Waals surface area contributed by atoms with Crippen LogP contribution in [0, 0.1) is 0 Å². The molecule has 132 valence electrons. The Labute approximate surface area is 151 Å². The Morgan fingerprint density at radius 3 is 2.54 bits per heavy atom. The standard InChI is InChI=1S/C21H20N2O3/c24-15-10-11-23(12-15)13-17-19(21(25)26)16-8-4-5-9-18(16)22-20(17)14-6-2-1-3-7-14/h1-9,15,24H,10-13H2,(H,25,26)/t15-/m1/s1. The molecule has 1 aliphatic heterocycles. The van der Waals surface area contributed by atoms with Gasteiger partial charge >= 0.3 is 5.97 Å². The number of nitrogens with zero attached hydrogens (tertiary/aromatic N) is 2. The Morgan fingerprint density at radius 1 is 1.12 bits per heavy atom. The number of hydrogen-bond donors (Lipinski definition) is 2. The molecule has 2 N–H and O–H groups in total. The molecule has 2 aromatic carbocycles. The minimum atomic E-state index is -0.949. The first kappa shape index (κ1) is 16.7. The summed E-state index contributed by atoms with van der Waals surface area (Å²) in [6.45, 7) is 1.77. The van der Waals surface area contributed by atoms with Crippen molar-refractivity contribution in [3.8, 4) is 11.3 Å². The summed E-state index contributed by atoms with van der Waals surface area (Å²) in [4.78, 5) is 19.1. The van der Waals surface area contributed by atoms with Crippen molar-refractivity contribution in [2.45, 2.75) is 19.1 Å². The highest BCUT2D eigenvalue weighted by molar-refractivity contribution is 6.05. The third-order valence-corrected chi connectivity index (χ3v) is 4.88. The maximum absolute atomic E-state index is 12.2. The van der Waals surface area contributed by atoms with Gasteiger partial charge in [-0.2, -0.15) is 0 Å². The van der Waals surface area contributed by atoms with Gasteiger partial charge in [0.25, 0.3) is 0 Å². The molecule has 0 spiro atoms. The molecular weight excluding hydrogens is 328 g/mol. The number of carboxylic acid groups (broad SMARTS) is 1. The molecule has 0 unspecified atom stereocenters. The molecule has 2 heterocycles. The average Bonchev–Trinajstić information content (AvgIpc) is 3.06. The minimum Gasteiger partial charge on any atom is -0.478 e. The SMILES string of the molecule is O=C(O)c1c(CN2CC[C@@H](O)C2)c(-c2ccccc2)nc2ccccc12. The summed E-state index contributed by atoms with van der Waals surface area (Å²) in [6.07, 6.45) is 0.362. The number of likely N-dealkylation sites (tertiary alicyclic amines) is 1. The number of fused-ring (bicyclic) bond motifs is 1. The molecule has 0 aliphatic carbocycles. The van der Waals surface area contributed by atoms with E-state index in [1.54, 1.807) is 0 Å². The van der Waals surface area contributed by atoms with Crippen molar-refractivity contribution in [3.05, 3.63) is 65.7 Å². The number of carboxylic acids is 1. The van der Waals surface area contributed by atoms with E-state index in [1.165, 1.54) is 0 Å². The second-order valence-electron chi connectivity index (χ2n) is 6.68. The van der Waals surface area contributed by atoms with Crippen LogP contribution in [-0.4, -0.2) is 45.3 Å². The Hall–Kier alpha value is -2.76. The highest BCUT2D eigenvalue weighted by atomic mass is 16.4. The van der Waals surface area contributed by atoms with Gasteiger partial charge in [-0.25, -0.2) is 9.78 Å². The summed E-state index contributed by atoms with van der Waals surface area (Å²) in [5.74, 6) is -0.949. The Morgan fingerprint density at radius 2 is 1.85 bits per heavy atom. The van der Waals surface area contributed by atoms with Gasteiger partial charge < -0.3 is 10.2 Å². The summed E-state index contributed by atoms with van der Waals surface area (Å²) < 4.78 is 0. The molecule has 5 nitrogen and oxygen atoms in total. The van der Waals surface area contributed by atoms with Gasteiger partial charge in [-0.3, -0.25) is 4.90 Å². The fraction of sp³-hybridized carbons (Fsp3) is 0.238. The van der Waals surface area contributed by atoms with E-state index in [4.69, 9.17) is 4.98 Å². The van der Waals surface area contributed by atoms with Crippen LogP contribution >= 0.6 is 0 Å². The van der Waals surface area contributed by atoms with Crippen molar-refractivity contribution in [1.82, 2.24) is 9.88 Å². The van der Waals surface area contributed by atoms with Crippen LogP contribution < -0.4 is 0 Å². The first-order chi connectivity index (χ1) is 12.6. The molecule has 1 fully saturated rings. The first-order valence-corrected chi connectivity index (χ1v) is 8.74. The van der Waals surface area contributed by atoms with E-state index in [1.807, 2.05) is 54.6 Å². The Balaban J connectivity index is 1.95. The lowest BCUT2D eigenvalue weighted by atomic mass is 9.96. The summed E-state index contributed by atoms with van der Waals surface area (Å²) >= 11 is 0. The molecule has 0 amide bonds. The largest absolute Gasteiger partial charge is 0.478 e. The summed E-state index contributed by atoms with van der Waals surface area (Å²) in [7, 11) is 0. The highest BCUT2D eigenvalue weighted by Crippen LogP contribution is 2.32. The Bertz CT molecular complexity index is 956. The Kier molecular flexibility index (Phi) is 4.41. The number of hydrogen-bond acceptors (Lipinski definition) is 4. The molecule has 5 heteroatoms. The lowest BCUT2D eigenvalue weighted by molar-refractivity contribution is 0.0697. The van der Waals surface area contributed by atoms with Crippen LogP contribution in [0.2, 0.25) is 0 Å². The number of carbonyl (C=O) groups is 1. The van der Waals surface area contributed by atoms with Crippen LogP contribution in [-0.2, 0) is 6.54 Å². The topological polar surface area (TPSA) is 73.7 Å². The van der Waals surface area contributed by atoms with Crippen LogP contribution in [0.5, 0.6) is 0 Å². The molecule has 0 radical (unpaired) electrons. The van der Waals surface area contributed by atoms with Crippen LogP contribution in [0.25, 0.3) is 22.2 Å². The molecule has 0 saturated carbocycles. The maximum Gasteiger partial charge on any atom is 0.336 e. The van der Waals surface area contributed by atoms with Crippen molar-refractivity contribution in [2.24, 2.45) is 0 Å². The number of aromatic nitrogens is 1. The van der Waals surface area contributed by atoms with Crippen LogP contribution in [0.4, 0.5) is 0 Å². The van der Waals surface area contributed by atoms with E-state index in [0.717, 1.165) is 12.1 Å². The third kappa shape index (κ3) is 3.07. The number of aromatic carboxylic acids is 1. The number of para-hydroxylation sites is 1. The van der Waals surface area contributed by atoms with Crippen molar-refractivity contribution in [2.75, 3.05) is 13.1 Å². The zero-order valence-electron chi connectivity index (χ0n) is 14.3. The molecule has 4 rings (SSSR count). The normalized spacial score (nSPS) is 17.7. The van der Waals surface area contributed by atoms with E-state index in [0.29, 0.717) is 47.2 Å². The highest BCUT2D eigenvalue weighted by Gasteiger charge is 2.26. The van der Waals surface area contributed by atoms with Crippen molar-refractivity contribution >= 4 is 16.9 Å². The smallest absolute Gasteiger partial charge is 0.336 e. The predicted molar refractivity (Wildman–Crippen MR) is 100 cm³/mol. The molecule has 3 aromatic rings. The lowest BCUT2D eigenvalue weighted by Gasteiger charge is -2.20. The monoisotopic (exact) mass is 348 g/mol. The number of pyridine rings is 1. The minimum absolute atomic E-state index is 0.302. The molecule has 0 bridgehead atoms. The molecule has 1 aromatic heterocycles. The van der Waals surface area contributed by atoms with Gasteiger partial charge in [0.05, 0.1) is 22.9 Å². The summed E-state index contributed by atoms with van der Waals surface area (Å²) in [6, 6.07) is 17.0. The molecule has 1 atom stereocenters. The van der Waals surface area contributed by atoms with Crippen molar-refractivity contribution in [3.63, 3.8) is 0 Å². The number of rotatable bonds is 4. The van der Waals surface area contributed by atoms with Gasteiger partial charge in [-0.1, -0.05) is 48.5 Å². The van der Waals surface area contributed by atoms with Gasteiger partial charge in [-0.15, -0.1) is 0 Å². The molecule has 1 aliphatic rings.